The first-order valence-corrected chi connectivity index (χ1v) is 17.9. The molecule has 0 heterocycles. The van der Waals surface area contributed by atoms with Gasteiger partial charge in [0.05, 0.1) is 6.10 Å². The second-order valence-corrected chi connectivity index (χ2v) is 19.4. The largest absolute Gasteiger partial charge is 0.410 e. The lowest BCUT2D eigenvalue weighted by Crippen LogP contribution is -2.45. The van der Waals surface area contributed by atoms with Crippen molar-refractivity contribution in [3.63, 3.8) is 0 Å². The van der Waals surface area contributed by atoms with Crippen LogP contribution in [0.15, 0.2) is 35.5 Å². The zero-order chi connectivity index (χ0) is 26.0. The fourth-order valence-electron chi connectivity index (χ4n) is 7.34. The summed E-state index contributed by atoms with van der Waals surface area (Å²) in [6.07, 6.45) is 19.9. The maximum absolute atomic E-state index is 6.83. The van der Waals surface area contributed by atoms with Gasteiger partial charge < -0.3 is 4.43 Å². The third-order valence-corrected chi connectivity index (χ3v) is 15.1. The van der Waals surface area contributed by atoms with Crippen LogP contribution in [0.2, 0.25) is 18.1 Å². The number of rotatable bonds is 8. The van der Waals surface area contributed by atoms with Gasteiger partial charge in [-0.1, -0.05) is 92.0 Å². The van der Waals surface area contributed by atoms with E-state index < -0.39 is 8.32 Å². The molecule has 0 N–H and O–H groups in total. The van der Waals surface area contributed by atoms with E-state index in [0.29, 0.717) is 5.41 Å². The van der Waals surface area contributed by atoms with Crippen molar-refractivity contribution < 1.29 is 4.43 Å². The molecule has 0 aromatic rings. The standard InChI is InChI=1S/C33H58OSi/c1-24(2)14-11-15-25(3)29-21-22-30-28(17-13-23-33(29,30)8)20-19-27-16-12-18-31(26(27)4)34-35(9,10)32(5,6)7/h19-20,24-25,29-31H,4,11-18,21-23H2,1-3,5-10H3/b27-19-,28-20+/t25-,29-,30+,31-,33-/m1/s1. The van der Waals surface area contributed by atoms with Gasteiger partial charge in [-0.3, -0.25) is 0 Å². The Morgan fingerprint density at radius 1 is 1.03 bits per heavy atom. The van der Waals surface area contributed by atoms with Crippen molar-refractivity contribution in [3.05, 3.63) is 35.5 Å². The third kappa shape index (κ3) is 6.64. The number of allylic oxidation sites excluding steroid dienone is 3. The van der Waals surface area contributed by atoms with E-state index in [2.05, 4.69) is 80.3 Å². The van der Waals surface area contributed by atoms with E-state index in [9.17, 15) is 0 Å². The Kier molecular flexibility index (Phi) is 9.45. The molecule has 35 heavy (non-hydrogen) atoms. The number of fused-ring (bicyclic) bond motifs is 1. The molecule has 5 atom stereocenters. The monoisotopic (exact) mass is 498 g/mol. The average molecular weight is 499 g/mol. The molecule has 0 aromatic carbocycles. The highest BCUT2D eigenvalue weighted by Gasteiger charge is 2.50. The molecular formula is C33H58OSi. The van der Waals surface area contributed by atoms with Crippen molar-refractivity contribution in [2.75, 3.05) is 0 Å². The highest BCUT2D eigenvalue weighted by atomic mass is 28.4. The van der Waals surface area contributed by atoms with Crippen LogP contribution in [0, 0.1) is 29.1 Å². The fraction of sp³-hybridized carbons (Fsp3) is 0.818. The van der Waals surface area contributed by atoms with Crippen LogP contribution in [0.25, 0.3) is 0 Å². The van der Waals surface area contributed by atoms with Gasteiger partial charge in [0.15, 0.2) is 8.32 Å². The summed E-state index contributed by atoms with van der Waals surface area (Å²) >= 11 is 0. The van der Waals surface area contributed by atoms with Gasteiger partial charge in [0.2, 0.25) is 0 Å². The summed E-state index contributed by atoms with van der Waals surface area (Å²) in [5.41, 5.74) is 4.97. The molecule has 0 saturated heterocycles. The van der Waals surface area contributed by atoms with Crippen molar-refractivity contribution >= 4 is 8.32 Å². The van der Waals surface area contributed by atoms with Gasteiger partial charge in [0.1, 0.15) is 0 Å². The minimum Gasteiger partial charge on any atom is -0.410 e. The van der Waals surface area contributed by atoms with Crippen molar-refractivity contribution in [1.82, 2.24) is 0 Å². The predicted octanol–water partition coefficient (Wildman–Crippen LogP) is 10.6. The fourth-order valence-corrected chi connectivity index (χ4v) is 8.67. The average Bonchev–Trinajstić information content (AvgIpc) is 3.10. The van der Waals surface area contributed by atoms with Crippen molar-refractivity contribution in [3.8, 4) is 0 Å². The lowest BCUT2D eigenvalue weighted by atomic mass is 9.60. The SMILES string of the molecule is C=C1/C(=C\C=C2/CCC[C@]3(C)[C@@H]([C@H](C)CCCC(C)C)CC[C@@H]23)CCC[C@H]1O[Si](C)(C)C(C)(C)C. The van der Waals surface area contributed by atoms with Crippen molar-refractivity contribution in [2.24, 2.45) is 29.1 Å². The Balaban J connectivity index is 1.70. The molecule has 0 bridgehead atoms. The number of hydrogen-bond donors (Lipinski definition) is 0. The molecule has 2 heteroatoms. The summed E-state index contributed by atoms with van der Waals surface area (Å²) < 4.78 is 6.83. The Morgan fingerprint density at radius 2 is 1.74 bits per heavy atom. The summed E-state index contributed by atoms with van der Waals surface area (Å²) in [4.78, 5) is 0. The van der Waals surface area contributed by atoms with Crippen LogP contribution >= 0.6 is 0 Å². The van der Waals surface area contributed by atoms with Gasteiger partial charge in [-0.15, -0.1) is 0 Å². The van der Waals surface area contributed by atoms with Crippen molar-refractivity contribution in [2.45, 2.75) is 143 Å². The van der Waals surface area contributed by atoms with E-state index >= 15 is 0 Å². The maximum atomic E-state index is 6.83. The molecule has 0 aliphatic heterocycles. The van der Waals surface area contributed by atoms with Gasteiger partial charge in [-0.25, -0.2) is 0 Å². The smallest absolute Gasteiger partial charge is 0.192 e. The van der Waals surface area contributed by atoms with Gasteiger partial charge in [-0.2, -0.15) is 0 Å². The molecule has 3 aliphatic rings. The summed E-state index contributed by atoms with van der Waals surface area (Å²) in [7, 11) is -1.78. The first kappa shape index (κ1) is 29.0. The summed E-state index contributed by atoms with van der Waals surface area (Å²) in [5.74, 6) is 3.41. The van der Waals surface area contributed by atoms with Gasteiger partial charge >= 0.3 is 0 Å². The van der Waals surface area contributed by atoms with Crippen LogP contribution in [0.5, 0.6) is 0 Å². The van der Waals surface area contributed by atoms with Gasteiger partial charge in [-0.05, 0) is 110 Å². The lowest BCUT2D eigenvalue weighted by molar-refractivity contribution is 0.0929. The minimum absolute atomic E-state index is 0.216. The zero-order valence-electron chi connectivity index (χ0n) is 24.9. The maximum Gasteiger partial charge on any atom is 0.192 e. The predicted molar refractivity (Wildman–Crippen MR) is 157 cm³/mol. The second kappa shape index (κ2) is 11.4. The molecule has 0 radical (unpaired) electrons. The van der Waals surface area contributed by atoms with E-state index in [-0.39, 0.29) is 11.1 Å². The van der Waals surface area contributed by atoms with Crippen LogP contribution in [-0.2, 0) is 4.43 Å². The summed E-state index contributed by atoms with van der Waals surface area (Å²) in [6.45, 7) is 26.3. The zero-order valence-corrected chi connectivity index (χ0v) is 25.9. The Morgan fingerprint density at radius 3 is 2.40 bits per heavy atom. The van der Waals surface area contributed by atoms with Crippen LogP contribution in [-0.4, -0.2) is 14.4 Å². The van der Waals surface area contributed by atoms with Gasteiger partial charge in [0.25, 0.3) is 0 Å². The number of hydrogen-bond acceptors (Lipinski definition) is 1. The molecular weight excluding hydrogens is 440 g/mol. The van der Waals surface area contributed by atoms with Crippen LogP contribution < -0.4 is 0 Å². The van der Waals surface area contributed by atoms with E-state index in [0.717, 1.165) is 36.5 Å². The third-order valence-electron chi connectivity index (χ3n) is 10.6. The topological polar surface area (TPSA) is 9.23 Å². The molecule has 3 saturated carbocycles. The molecule has 0 aromatic heterocycles. The lowest BCUT2D eigenvalue weighted by Gasteiger charge is -2.44. The van der Waals surface area contributed by atoms with E-state index in [4.69, 9.17) is 4.43 Å². The normalized spacial score (nSPS) is 33.5. The molecule has 0 spiro atoms. The Bertz CT molecular complexity index is 794. The first-order valence-electron chi connectivity index (χ1n) is 15.0. The highest BCUT2D eigenvalue weighted by molar-refractivity contribution is 6.74. The van der Waals surface area contributed by atoms with Crippen LogP contribution in [0.1, 0.15) is 119 Å². The van der Waals surface area contributed by atoms with E-state index in [1.54, 1.807) is 5.57 Å². The van der Waals surface area contributed by atoms with E-state index in [1.165, 1.54) is 68.9 Å². The minimum atomic E-state index is -1.78. The molecule has 1 nitrogen and oxygen atoms in total. The molecule has 200 valence electrons. The second-order valence-electron chi connectivity index (χ2n) is 14.6. The summed E-state index contributed by atoms with van der Waals surface area (Å²) in [6, 6.07) is 0. The molecule has 3 fully saturated rings. The highest BCUT2D eigenvalue weighted by Crippen LogP contribution is 2.60. The van der Waals surface area contributed by atoms with Crippen LogP contribution in [0.4, 0.5) is 0 Å². The van der Waals surface area contributed by atoms with Crippen LogP contribution in [0.3, 0.4) is 0 Å². The molecule has 0 unspecified atom stereocenters. The summed E-state index contributed by atoms with van der Waals surface area (Å²) in [5, 5.41) is 0.244. The van der Waals surface area contributed by atoms with E-state index in [1.807, 2.05) is 0 Å². The van der Waals surface area contributed by atoms with Gasteiger partial charge in [0, 0.05) is 0 Å². The molecule has 3 aliphatic carbocycles. The Hall–Kier alpha value is -0.603. The Labute approximate surface area is 220 Å². The molecule has 3 rings (SSSR count). The van der Waals surface area contributed by atoms with Crippen molar-refractivity contribution in [1.29, 1.82) is 0 Å². The molecule has 0 amide bonds. The first-order chi connectivity index (χ1) is 16.3. The quantitative estimate of drug-likeness (QED) is 0.302.